The molecule has 0 radical (unpaired) electrons. The van der Waals surface area contributed by atoms with E-state index in [1.54, 1.807) is 86.6 Å². The van der Waals surface area contributed by atoms with Crippen molar-refractivity contribution in [2.24, 2.45) is 0 Å². The van der Waals surface area contributed by atoms with E-state index in [2.05, 4.69) is 205 Å². The molecule has 0 fully saturated rings. The number of aryl methyl sites for hydroxylation is 15. The minimum absolute atomic E-state index is 0.759. The van der Waals surface area contributed by atoms with E-state index in [1.807, 2.05) is 272 Å². The number of nitrogens with zero attached hydrogens (tertiary/aromatic N) is 20. The molecule has 0 aliphatic rings. The molecule has 0 saturated heterocycles. The predicted octanol–water partition coefficient (Wildman–Crippen LogP) is 22.4. The zero-order valence-corrected chi connectivity index (χ0v) is 71.8. The zero-order chi connectivity index (χ0) is 87.0. The maximum atomic E-state index is 4.38. The average Bonchev–Trinajstić information content (AvgIpc) is 0.906. The van der Waals surface area contributed by atoms with Crippen LogP contribution in [0, 0.1) is 104 Å². The van der Waals surface area contributed by atoms with Gasteiger partial charge in [-0.3, -0.25) is 54.8 Å². The van der Waals surface area contributed by atoms with E-state index in [-0.39, 0.29) is 0 Å². The Morgan fingerprint density at radius 1 is 0.174 bits per heavy atom. The lowest BCUT2D eigenvalue weighted by molar-refractivity contribution is 0.974. The van der Waals surface area contributed by atoms with E-state index in [0.29, 0.717) is 0 Å². The number of aromatic nitrogens is 20. The van der Waals surface area contributed by atoms with Gasteiger partial charge in [-0.25, -0.2) is 44.9 Å². The molecule has 121 heavy (non-hydrogen) atoms. The van der Waals surface area contributed by atoms with Crippen molar-refractivity contribution in [3.8, 4) is 0 Å². The van der Waals surface area contributed by atoms with E-state index in [0.717, 1.165) is 73.8 Å². The summed E-state index contributed by atoms with van der Waals surface area (Å²) in [5.41, 5.74) is 16.7. The van der Waals surface area contributed by atoms with Crippen LogP contribution in [-0.4, -0.2) is 99.7 Å². The molecule has 0 unspecified atom stereocenters. The minimum atomic E-state index is 0.759. The van der Waals surface area contributed by atoms with Gasteiger partial charge in [-0.15, -0.1) is 0 Å². The molecule has 0 amide bonds. The summed E-state index contributed by atoms with van der Waals surface area (Å²) in [6.07, 6.45) is 38.0. The Labute approximate surface area is 713 Å². The molecular formula is C101H108N20. The first kappa shape index (κ1) is 96.4. The predicted molar refractivity (Wildman–Crippen MR) is 494 cm³/mol. The molecule has 20 heteroatoms. The largest absolute Gasteiger partial charge is 0.264 e. The Morgan fingerprint density at radius 2 is 0.645 bits per heavy atom. The highest BCUT2D eigenvalue weighted by Gasteiger charge is 1.96. The van der Waals surface area contributed by atoms with Gasteiger partial charge in [-0.1, -0.05) is 151 Å². The van der Waals surface area contributed by atoms with Crippen LogP contribution in [-0.2, 0) is 0 Å². The number of hydrogen-bond acceptors (Lipinski definition) is 20. The molecule has 0 aliphatic heterocycles. The third-order valence-electron chi connectivity index (χ3n) is 15.6. The van der Waals surface area contributed by atoms with Crippen molar-refractivity contribution in [2.75, 3.05) is 0 Å². The van der Waals surface area contributed by atoms with Crippen molar-refractivity contribution in [1.29, 1.82) is 0 Å². The van der Waals surface area contributed by atoms with Gasteiger partial charge < -0.3 is 0 Å². The van der Waals surface area contributed by atoms with Crippen LogP contribution in [0.3, 0.4) is 0 Å². The monoisotopic (exact) mass is 1600 g/mol. The van der Waals surface area contributed by atoms with Gasteiger partial charge in [-0.2, -0.15) is 0 Å². The van der Waals surface area contributed by atoms with Gasteiger partial charge in [-0.05, 0) is 240 Å². The number of benzene rings is 5. The molecule has 612 valence electrons. The van der Waals surface area contributed by atoms with Crippen molar-refractivity contribution >= 4 is 43.4 Å². The van der Waals surface area contributed by atoms with Gasteiger partial charge in [0.15, 0.2) is 0 Å². The SMILES string of the molecule is Cc1cc2ccccc2cn1.Cc1ccc2ccccc2n1.Cc1ccc2cccnc2c1.Cc1cccc2ccncc12.Cc1ccccc1.Cc1ccccn1.Cc1ccccn1.Cc1ccccn1.Cc1ccccn1.Cc1cccnc1.Cc1ccncn1.Cc1cnccn1.Cc1cncnc1.Cc1ncccn1.Cc1ncncn1. The smallest absolute Gasteiger partial charge is 0.128 e. The summed E-state index contributed by atoms with van der Waals surface area (Å²) < 4.78 is 0. The van der Waals surface area contributed by atoms with Gasteiger partial charge in [0, 0.05) is 173 Å². The van der Waals surface area contributed by atoms with Crippen molar-refractivity contribution in [2.45, 2.75) is 104 Å². The summed E-state index contributed by atoms with van der Waals surface area (Å²) in [6, 6.07) is 82.5. The Bertz CT molecular complexity index is 4850. The zero-order valence-electron chi connectivity index (χ0n) is 71.8. The molecule has 0 spiro atoms. The number of fused-ring (bicyclic) bond motifs is 4. The van der Waals surface area contributed by atoms with Crippen LogP contribution < -0.4 is 0 Å². The molecule has 20 nitrogen and oxygen atoms in total. The summed E-state index contributed by atoms with van der Waals surface area (Å²) in [7, 11) is 0. The fourth-order valence-electron chi connectivity index (χ4n) is 9.35. The first-order valence-corrected chi connectivity index (χ1v) is 38.9. The van der Waals surface area contributed by atoms with Gasteiger partial charge in [0.1, 0.15) is 37.0 Å². The van der Waals surface area contributed by atoms with Crippen molar-refractivity contribution in [1.82, 2.24) is 99.7 Å². The summed E-state index contributed by atoms with van der Waals surface area (Å²) in [4.78, 5) is 78.5. The van der Waals surface area contributed by atoms with Gasteiger partial charge in [0.25, 0.3) is 0 Å². The molecule has 0 atom stereocenters. The molecular weight excluding hydrogens is 1490 g/mol. The van der Waals surface area contributed by atoms with E-state index in [9.17, 15) is 0 Å². The van der Waals surface area contributed by atoms with Crippen LogP contribution in [0.5, 0.6) is 0 Å². The third-order valence-corrected chi connectivity index (χ3v) is 15.6. The number of para-hydroxylation sites is 1. The second-order valence-corrected chi connectivity index (χ2v) is 26.4. The molecule has 14 heterocycles. The standard InChI is InChI=1S/4C10H9N.C7H8.5C6H7N.4C5H6N2.C4H5N3/c1-8-4-5-9-3-2-6-11-10(9)7-8;1-8-3-2-4-9-5-6-11-7-10(8)9;1-8-6-9-4-2-3-5-10(9)7-11-8;1-8-6-7-9-4-2-3-5-10(9)11-8;1-7-5-3-2-4-6-7;1-6-3-2-4-7-5-6;4*1-6-4-2-3-5-7-6;1-5-2-6-4-7-3-5;1-5-4-6-2-3-7-5;1-5-2-3-6-4-7-5;1-5-6-3-2-4-7-5;1-4-6-2-5-3-7-4/h4*2-7H,1H3;2-6H,1H3;5*2-5H,1H3;4*2-4H,1H3;2-3H,1H3. The van der Waals surface area contributed by atoms with Gasteiger partial charge in [0.05, 0.1) is 16.7 Å². The van der Waals surface area contributed by atoms with Gasteiger partial charge in [0.2, 0.25) is 0 Å². The molecule has 19 aromatic rings. The molecule has 5 aromatic carbocycles. The lowest BCUT2D eigenvalue weighted by atomic mass is 10.1. The lowest BCUT2D eigenvalue weighted by Gasteiger charge is -1.98. The van der Waals surface area contributed by atoms with E-state index in [4.69, 9.17) is 0 Å². The molecule has 0 N–H and O–H groups in total. The first-order chi connectivity index (χ1) is 58.8. The third kappa shape index (κ3) is 46.8. The van der Waals surface area contributed by atoms with Crippen LogP contribution in [0.15, 0.2) is 386 Å². The fraction of sp³-hybridized carbons (Fsp3) is 0.149. The number of hydrogen-bond donors (Lipinski definition) is 0. The first-order valence-electron chi connectivity index (χ1n) is 38.9. The van der Waals surface area contributed by atoms with Crippen molar-refractivity contribution in [3.63, 3.8) is 0 Å². The minimum Gasteiger partial charge on any atom is -0.264 e. The van der Waals surface area contributed by atoms with Crippen LogP contribution in [0.4, 0.5) is 0 Å². The van der Waals surface area contributed by atoms with Crippen LogP contribution >= 0.6 is 0 Å². The normalized spacial score (nSPS) is 9.28. The summed E-state index contributed by atoms with van der Waals surface area (Å²) in [5, 5.41) is 7.39. The Morgan fingerprint density at radius 3 is 1.08 bits per heavy atom. The Kier molecular flexibility index (Phi) is 48.1. The number of rotatable bonds is 0. The highest BCUT2D eigenvalue weighted by atomic mass is 15.0. The Balaban J connectivity index is 0.000000232. The van der Waals surface area contributed by atoms with Crippen molar-refractivity contribution < 1.29 is 0 Å². The quantitative estimate of drug-likeness (QED) is 0.137. The second kappa shape index (κ2) is 60.4. The maximum absolute atomic E-state index is 4.38. The topological polar surface area (TPSA) is 258 Å². The van der Waals surface area contributed by atoms with E-state index in [1.165, 1.54) is 79.9 Å². The molecule has 14 aromatic heterocycles. The maximum Gasteiger partial charge on any atom is 0.128 e. The number of pyridine rings is 9. The molecule has 19 rings (SSSR count). The molecule has 0 bridgehead atoms. The molecule has 0 saturated carbocycles. The summed E-state index contributed by atoms with van der Waals surface area (Å²) in [6.45, 7) is 29.7. The fourth-order valence-corrected chi connectivity index (χ4v) is 9.35. The van der Waals surface area contributed by atoms with Crippen molar-refractivity contribution in [3.05, 3.63) is 471 Å². The summed E-state index contributed by atoms with van der Waals surface area (Å²) in [5.74, 6) is 1.58. The highest BCUT2D eigenvalue weighted by molar-refractivity contribution is 5.84. The van der Waals surface area contributed by atoms with E-state index < -0.39 is 0 Å². The molecule has 0 aliphatic carbocycles. The van der Waals surface area contributed by atoms with E-state index >= 15 is 0 Å². The van der Waals surface area contributed by atoms with Gasteiger partial charge >= 0.3 is 0 Å². The Hall–Kier alpha value is -15.2. The average molecular weight is 1600 g/mol. The summed E-state index contributed by atoms with van der Waals surface area (Å²) >= 11 is 0. The lowest BCUT2D eigenvalue weighted by Crippen LogP contribution is -1.84. The highest BCUT2D eigenvalue weighted by Crippen LogP contribution is 2.17. The van der Waals surface area contributed by atoms with Crippen LogP contribution in [0.2, 0.25) is 0 Å². The van der Waals surface area contributed by atoms with Crippen LogP contribution in [0.1, 0.15) is 85.0 Å². The second-order valence-electron chi connectivity index (χ2n) is 26.4. The van der Waals surface area contributed by atoms with Crippen LogP contribution in [0.25, 0.3) is 43.4 Å².